The average Bonchev–Trinajstić information content (AvgIpc) is 3.77. The van der Waals surface area contributed by atoms with Gasteiger partial charge in [-0.25, -0.2) is 9.97 Å². The van der Waals surface area contributed by atoms with Gasteiger partial charge >= 0.3 is 0 Å². The number of hydrogen-bond acceptors (Lipinski definition) is 3. The highest BCUT2D eigenvalue weighted by atomic mass is 16.3. The van der Waals surface area contributed by atoms with Crippen LogP contribution in [-0.4, -0.2) is 14.5 Å². The van der Waals surface area contributed by atoms with Crippen LogP contribution >= 0.6 is 0 Å². The van der Waals surface area contributed by atoms with Gasteiger partial charge in [0.1, 0.15) is 11.2 Å². The fourth-order valence-corrected chi connectivity index (χ4v) is 7.88. The lowest BCUT2D eigenvalue weighted by molar-refractivity contribution is 0.669. The Bertz CT molecular complexity index is 2980. The third-order valence-corrected chi connectivity index (χ3v) is 10.2. The largest absolute Gasteiger partial charge is 0.456 e. The predicted octanol–water partition coefficient (Wildman–Crippen LogP) is 12.9. The molecular weight excluding hydrogens is 635 g/mol. The first kappa shape index (κ1) is 29.8. The molecular formula is C48H31N3O. The van der Waals surface area contributed by atoms with Gasteiger partial charge in [-0.1, -0.05) is 153 Å². The van der Waals surface area contributed by atoms with Crippen molar-refractivity contribution in [3.05, 3.63) is 176 Å². The molecule has 0 radical (unpaired) electrons. The molecule has 10 aromatic rings. The molecule has 4 nitrogen and oxygen atoms in total. The van der Waals surface area contributed by atoms with E-state index < -0.39 is 0 Å². The Hall–Kier alpha value is -7.04. The minimum absolute atomic E-state index is 0.592. The molecule has 0 N–H and O–H groups in total. The summed E-state index contributed by atoms with van der Waals surface area (Å²) in [6, 6.07) is 52.5. The van der Waals surface area contributed by atoms with E-state index in [2.05, 4.69) is 121 Å². The average molecular weight is 666 g/mol. The Morgan fingerprint density at radius 2 is 1.06 bits per heavy atom. The highest BCUT2D eigenvalue weighted by Crippen LogP contribution is 2.45. The third-order valence-electron chi connectivity index (χ3n) is 10.2. The van der Waals surface area contributed by atoms with Crippen molar-refractivity contribution >= 4 is 66.7 Å². The molecule has 0 unspecified atom stereocenters. The van der Waals surface area contributed by atoms with Crippen LogP contribution in [-0.2, 0) is 0 Å². The molecule has 0 saturated heterocycles. The minimum atomic E-state index is 0.592. The number of furan rings is 1. The van der Waals surface area contributed by atoms with E-state index in [1.54, 1.807) is 0 Å². The molecule has 10 rings (SSSR count). The second-order valence-electron chi connectivity index (χ2n) is 13.0. The number of fused-ring (bicyclic) bond motifs is 8. The topological polar surface area (TPSA) is 43.9 Å². The van der Waals surface area contributed by atoms with Crippen LogP contribution in [0, 0.1) is 0 Å². The summed E-state index contributed by atoms with van der Waals surface area (Å²) in [5.41, 5.74) is 11.7. The highest BCUT2D eigenvalue weighted by Gasteiger charge is 2.25. The summed E-state index contributed by atoms with van der Waals surface area (Å²) in [6.45, 7) is 8.59. The zero-order chi connectivity index (χ0) is 34.8. The van der Waals surface area contributed by atoms with Gasteiger partial charge < -0.3 is 4.42 Å². The fraction of sp³-hybridized carbons (Fsp3) is 0. The second-order valence-corrected chi connectivity index (χ2v) is 13.0. The van der Waals surface area contributed by atoms with E-state index in [0.717, 1.165) is 99.3 Å². The number of aromatic nitrogens is 3. The SMILES string of the molecule is C=Cc1c(C=C)c2c3cccc(-c4ccc5oc6ccccc6c5c4)c3n(-c3nc(-c4ccccc4)cc(-c4ccccc4)n3)c2c2ccccc12. The standard InChI is InChI=1S/C48H31N3O/c1-3-33-34(4-2)45-39-24-15-23-35(32-26-27-44-40(28-32)37-21-13-14-25-43(37)52-44)46(39)51(47(45)38-22-12-11-20-36(33)38)48-49-41(30-16-7-5-8-17-30)29-42(50-48)31-18-9-6-10-19-31/h3-29H,1-2H2. The lowest BCUT2D eigenvalue weighted by atomic mass is 9.93. The van der Waals surface area contributed by atoms with E-state index in [0.29, 0.717) is 5.95 Å². The van der Waals surface area contributed by atoms with Crippen molar-refractivity contribution in [1.82, 2.24) is 14.5 Å². The minimum Gasteiger partial charge on any atom is -0.456 e. The normalized spacial score (nSPS) is 11.6. The lowest BCUT2D eigenvalue weighted by Crippen LogP contribution is -2.05. The molecule has 0 amide bonds. The highest BCUT2D eigenvalue weighted by molar-refractivity contribution is 6.25. The summed E-state index contributed by atoms with van der Waals surface area (Å²) in [7, 11) is 0. The number of nitrogens with zero attached hydrogens (tertiary/aromatic N) is 3. The molecule has 52 heavy (non-hydrogen) atoms. The zero-order valence-electron chi connectivity index (χ0n) is 28.3. The van der Waals surface area contributed by atoms with Crippen LogP contribution in [0.2, 0.25) is 0 Å². The first-order valence-electron chi connectivity index (χ1n) is 17.4. The van der Waals surface area contributed by atoms with Gasteiger partial charge in [-0.2, -0.15) is 0 Å². The van der Waals surface area contributed by atoms with Gasteiger partial charge in [-0.05, 0) is 46.3 Å². The zero-order valence-corrected chi connectivity index (χ0v) is 28.3. The van der Waals surface area contributed by atoms with Crippen LogP contribution in [0.5, 0.6) is 0 Å². The monoisotopic (exact) mass is 665 g/mol. The Balaban J connectivity index is 1.40. The van der Waals surface area contributed by atoms with Crippen molar-refractivity contribution in [2.75, 3.05) is 0 Å². The first-order valence-corrected chi connectivity index (χ1v) is 17.4. The Labute approximate surface area is 300 Å². The van der Waals surface area contributed by atoms with E-state index in [4.69, 9.17) is 14.4 Å². The fourth-order valence-electron chi connectivity index (χ4n) is 7.88. The van der Waals surface area contributed by atoms with Gasteiger partial charge in [-0.15, -0.1) is 0 Å². The maximum absolute atomic E-state index is 6.24. The summed E-state index contributed by atoms with van der Waals surface area (Å²) in [5.74, 6) is 0.592. The molecule has 3 aromatic heterocycles. The van der Waals surface area contributed by atoms with Crippen molar-refractivity contribution in [2.45, 2.75) is 0 Å². The Morgan fingerprint density at radius 3 is 1.75 bits per heavy atom. The molecule has 4 heteroatoms. The number of benzene rings is 7. The van der Waals surface area contributed by atoms with Gasteiger partial charge in [0.25, 0.3) is 0 Å². The summed E-state index contributed by atoms with van der Waals surface area (Å²) in [4.78, 5) is 10.8. The predicted molar refractivity (Wildman–Crippen MR) is 218 cm³/mol. The molecule has 0 fully saturated rings. The van der Waals surface area contributed by atoms with Gasteiger partial charge in [0.15, 0.2) is 0 Å². The second kappa shape index (κ2) is 11.8. The van der Waals surface area contributed by atoms with Crippen molar-refractivity contribution in [3.8, 4) is 39.6 Å². The Kier molecular flexibility index (Phi) is 6.76. The van der Waals surface area contributed by atoms with E-state index >= 15 is 0 Å². The molecule has 0 saturated carbocycles. The number of rotatable bonds is 6. The van der Waals surface area contributed by atoms with Gasteiger partial charge in [-0.3, -0.25) is 4.57 Å². The quantitative estimate of drug-likeness (QED) is 0.178. The maximum atomic E-state index is 6.24. The molecule has 0 aliphatic heterocycles. The number of para-hydroxylation sites is 2. The number of hydrogen-bond donors (Lipinski definition) is 0. The summed E-state index contributed by atoms with van der Waals surface area (Å²) >= 11 is 0. The first-order chi connectivity index (χ1) is 25.7. The van der Waals surface area contributed by atoms with Gasteiger partial charge in [0.05, 0.1) is 22.4 Å². The smallest absolute Gasteiger partial charge is 0.235 e. The molecule has 0 bridgehead atoms. The van der Waals surface area contributed by atoms with Crippen LogP contribution in [0.15, 0.2) is 169 Å². The van der Waals surface area contributed by atoms with Crippen LogP contribution in [0.3, 0.4) is 0 Å². The summed E-state index contributed by atoms with van der Waals surface area (Å²) in [5, 5.41) is 6.53. The summed E-state index contributed by atoms with van der Waals surface area (Å²) < 4.78 is 8.52. The van der Waals surface area contributed by atoms with E-state index in [1.165, 1.54) is 0 Å². The third kappa shape index (κ3) is 4.48. The Morgan fingerprint density at radius 1 is 0.462 bits per heavy atom. The van der Waals surface area contributed by atoms with Gasteiger partial charge in [0.2, 0.25) is 5.95 Å². The van der Waals surface area contributed by atoms with E-state index in [9.17, 15) is 0 Å². The van der Waals surface area contributed by atoms with Crippen molar-refractivity contribution in [1.29, 1.82) is 0 Å². The van der Waals surface area contributed by atoms with E-state index in [1.807, 2.05) is 60.7 Å². The lowest BCUT2D eigenvalue weighted by Gasteiger charge is -2.15. The summed E-state index contributed by atoms with van der Waals surface area (Å²) in [6.07, 6.45) is 3.91. The van der Waals surface area contributed by atoms with Crippen LogP contribution < -0.4 is 0 Å². The van der Waals surface area contributed by atoms with Crippen molar-refractivity contribution < 1.29 is 4.42 Å². The molecule has 0 spiro atoms. The molecule has 0 aliphatic rings. The molecule has 244 valence electrons. The molecule has 7 aromatic carbocycles. The molecule has 0 aliphatic carbocycles. The van der Waals surface area contributed by atoms with Crippen molar-refractivity contribution in [2.24, 2.45) is 0 Å². The molecule has 3 heterocycles. The van der Waals surface area contributed by atoms with Gasteiger partial charge in [0, 0.05) is 43.6 Å². The van der Waals surface area contributed by atoms with Crippen LogP contribution in [0.4, 0.5) is 0 Å². The van der Waals surface area contributed by atoms with Crippen LogP contribution in [0.1, 0.15) is 11.1 Å². The van der Waals surface area contributed by atoms with Crippen molar-refractivity contribution in [3.63, 3.8) is 0 Å². The van der Waals surface area contributed by atoms with Crippen LogP contribution in [0.25, 0.3) is 106 Å². The molecule has 0 atom stereocenters. The van der Waals surface area contributed by atoms with E-state index in [-0.39, 0.29) is 0 Å². The maximum Gasteiger partial charge on any atom is 0.235 e.